The third kappa shape index (κ3) is 4.62. The minimum Gasteiger partial charge on any atom is -0.497 e. The molecule has 0 saturated carbocycles. The molecule has 0 bridgehead atoms. The van der Waals surface area contributed by atoms with Gasteiger partial charge in [-0.15, -0.1) is 0 Å². The third-order valence-electron chi connectivity index (χ3n) is 4.44. The molecule has 1 atom stereocenters. The van der Waals surface area contributed by atoms with E-state index in [1.807, 2.05) is 12.1 Å². The fraction of sp³-hybridized carbons (Fsp3) is 0.647. The standard InChI is InChI=1S/C17H27BrN2O/c1-4-9-20-10-7-14(8-11-20)13(2)19-17-12-15(21-3)5-6-16(17)18/h5-6,12-14,19H,4,7-11H2,1-3H3. The van der Waals surface area contributed by atoms with Crippen LogP contribution in [0.25, 0.3) is 0 Å². The van der Waals surface area contributed by atoms with Gasteiger partial charge in [0.15, 0.2) is 0 Å². The summed E-state index contributed by atoms with van der Waals surface area (Å²) in [5.41, 5.74) is 1.12. The molecule has 0 radical (unpaired) electrons. The smallest absolute Gasteiger partial charge is 0.121 e. The van der Waals surface area contributed by atoms with Gasteiger partial charge < -0.3 is 15.0 Å². The zero-order chi connectivity index (χ0) is 15.2. The maximum atomic E-state index is 5.31. The van der Waals surface area contributed by atoms with Gasteiger partial charge in [0.1, 0.15) is 5.75 Å². The Bertz CT molecular complexity index is 444. The maximum absolute atomic E-state index is 5.31. The molecule has 0 spiro atoms. The highest BCUT2D eigenvalue weighted by Gasteiger charge is 2.23. The Morgan fingerprint density at radius 3 is 2.71 bits per heavy atom. The van der Waals surface area contributed by atoms with E-state index in [9.17, 15) is 0 Å². The second kappa shape index (κ2) is 8.04. The van der Waals surface area contributed by atoms with Crippen molar-refractivity contribution in [2.24, 2.45) is 5.92 Å². The molecular weight excluding hydrogens is 328 g/mol. The molecule has 21 heavy (non-hydrogen) atoms. The molecule has 1 fully saturated rings. The van der Waals surface area contributed by atoms with Gasteiger partial charge in [-0.3, -0.25) is 0 Å². The minimum atomic E-state index is 0.484. The van der Waals surface area contributed by atoms with Crippen LogP contribution >= 0.6 is 15.9 Å². The van der Waals surface area contributed by atoms with Gasteiger partial charge in [-0.1, -0.05) is 6.92 Å². The molecule has 0 amide bonds. The summed E-state index contributed by atoms with van der Waals surface area (Å²) in [5, 5.41) is 3.66. The highest BCUT2D eigenvalue weighted by Crippen LogP contribution is 2.30. The topological polar surface area (TPSA) is 24.5 Å². The Hall–Kier alpha value is -0.740. The number of hydrogen-bond donors (Lipinski definition) is 1. The SMILES string of the molecule is CCCN1CCC(C(C)Nc2cc(OC)ccc2Br)CC1. The van der Waals surface area contributed by atoms with E-state index in [4.69, 9.17) is 4.74 Å². The normalized spacial score (nSPS) is 18.5. The first-order valence-corrected chi connectivity index (χ1v) is 8.75. The van der Waals surface area contributed by atoms with Gasteiger partial charge in [-0.05, 0) is 79.8 Å². The summed E-state index contributed by atoms with van der Waals surface area (Å²) in [6.45, 7) is 8.28. The van der Waals surface area contributed by atoms with Crippen molar-refractivity contribution in [2.45, 2.75) is 39.2 Å². The lowest BCUT2D eigenvalue weighted by atomic mass is 9.90. The van der Waals surface area contributed by atoms with Crippen molar-refractivity contribution in [3.05, 3.63) is 22.7 Å². The van der Waals surface area contributed by atoms with E-state index in [-0.39, 0.29) is 0 Å². The highest BCUT2D eigenvalue weighted by atomic mass is 79.9. The molecule has 1 heterocycles. The van der Waals surface area contributed by atoms with Crippen LogP contribution in [0.15, 0.2) is 22.7 Å². The van der Waals surface area contributed by atoms with Crippen LogP contribution < -0.4 is 10.1 Å². The summed E-state index contributed by atoms with van der Waals surface area (Å²) in [6.07, 6.45) is 3.83. The largest absolute Gasteiger partial charge is 0.497 e. The third-order valence-corrected chi connectivity index (χ3v) is 5.13. The first-order valence-electron chi connectivity index (χ1n) is 7.96. The van der Waals surface area contributed by atoms with Crippen LogP contribution in [-0.4, -0.2) is 37.7 Å². The van der Waals surface area contributed by atoms with E-state index in [0.29, 0.717) is 6.04 Å². The number of rotatable bonds is 6. The number of likely N-dealkylation sites (tertiary alicyclic amines) is 1. The van der Waals surface area contributed by atoms with Gasteiger partial charge in [0.2, 0.25) is 0 Å². The van der Waals surface area contributed by atoms with E-state index in [2.05, 4.69) is 46.1 Å². The summed E-state index contributed by atoms with van der Waals surface area (Å²) < 4.78 is 6.41. The molecule has 1 unspecified atom stereocenters. The summed E-state index contributed by atoms with van der Waals surface area (Å²) in [5.74, 6) is 1.64. The monoisotopic (exact) mass is 354 g/mol. The Kier molecular flexibility index (Phi) is 6.37. The van der Waals surface area contributed by atoms with Crippen LogP contribution in [0.5, 0.6) is 5.75 Å². The molecule has 2 rings (SSSR count). The molecule has 0 aliphatic carbocycles. The van der Waals surface area contributed by atoms with E-state index >= 15 is 0 Å². The van der Waals surface area contributed by atoms with E-state index < -0.39 is 0 Å². The Labute approximate surface area is 137 Å². The Morgan fingerprint density at radius 1 is 1.38 bits per heavy atom. The van der Waals surface area contributed by atoms with Gasteiger partial charge in [0, 0.05) is 16.6 Å². The number of hydrogen-bond acceptors (Lipinski definition) is 3. The number of nitrogens with one attached hydrogen (secondary N) is 1. The van der Waals surface area contributed by atoms with Crippen molar-refractivity contribution in [3.63, 3.8) is 0 Å². The minimum absolute atomic E-state index is 0.484. The second-order valence-electron chi connectivity index (χ2n) is 5.96. The molecule has 4 heteroatoms. The number of anilines is 1. The number of benzene rings is 1. The fourth-order valence-corrected chi connectivity index (χ4v) is 3.46. The van der Waals surface area contributed by atoms with Gasteiger partial charge >= 0.3 is 0 Å². The lowest BCUT2D eigenvalue weighted by molar-refractivity contribution is 0.176. The number of ether oxygens (including phenoxy) is 1. The number of nitrogens with zero attached hydrogens (tertiary/aromatic N) is 1. The quantitative estimate of drug-likeness (QED) is 0.820. The molecule has 1 aliphatic rings. The van der Waals surface area contributed by atoms with Crippen molar-refractivity contribution in [2.75, 3.05) is 32.1 Å². The summed E-state index contributed by atoms with van der Waals surface area (Å²) >= 11 is 3.62. The lowest BCUT2D eigenvalue weighted by Crippen LogP contribution is -2.39. The van der Waals surface area contributed by atoms with E-state index in [0.717, 1.165) is 21.8 Å². The molecule has 1 aliphatic heterocycles. The number of piperidine rings is 1. The first-order chi connectivity index (χ1) is 10.1. The van der Waals surface area contributed by atoms with E-state index in [1.165, 1.54) is 38.9 Å². The average molecular weight is 355 g/mol. The van der Waals surface area contributed by atoms with Gasteiger partial charge in [0.05, 0.1) is 12.8 Å². The van der Waals surface area contributed by atoms with Gasteiger partial charge in [0.25, 0.3) is 0 Å². The average Bonchev–Trinajstić information content (AvgIpc) is 2.50. The van der Waals surface area contributed by atoms with Crippen molar-refractivity contribution >= 4 is 21.6 Å². The zero-order valence-corrected chi connectivity index (χ0v) is 14.9. The summed E-state index contributed by atoms with van der Waals surface area (Å²) in [6, 6.07) is 6.56. The molecule has 3 nitrogen and oxygen atoms in total. The molecule has 1 saturated heterocycles. The van der Waals surface area contributed by atoms with Crippen LogP contribution in [0, 0.1) is 5.92 Å². The molecule has 1 aromatic rings. The highest BCUT2D eigenvalue weighted by molar-refractivity contribution is 9.10. The van der Waals surface area contributed by atoms with E-state index in [1.54, 1.807) is 7.11 Å². The van der Waals surface area contributed by atoms with Crippen LogP contribution in [-0.2, 0) is 0 Å². The number of halogens is 1. The predicted octanol–water partition coefficient (Wildman–Crippen LogP) is 4.38. The van der Waals surface area contributed by atoms with Crippen LogP contribution in [0.2, 0.25) is 0 Å². The Balaban J connectivity index is 1.91. The van der Waals surface area contributed by atoms with Crippen molar-refractivity contribution in [3.8, 4) is 5.75 Å². The summed E-state index contributed by atoms with van der Waals surface area (Å²) in [4.78, 5) is 2.59. The van der Waals surface area contributed by atoms with Crippen molar-refractivity contribution in [1.82, 2.24) is 4.90 Å². The molecule has 1 N–H and O–H groups in total. The van der Waals surface area contributed by atoms with Crippen LogP contribution in [0.1, 0.15) is 33.1 Å². The van der Waals surface area contributed by atoms with Crippen LogP contribution in [0.4, 0.5) is 5.69 Å². The van der Waals surface area contributed by atoms with Crippen LogP contribution in [0.3, 0.4) is 0 Å². The maximum Gasteiger partial charge on any atom is 0.121 e. The molecule has 1 aromatic carbocycles. The predicted molar refractivity (Wildman–Crippen MR) is 93.2 cm³/mol. The molecule has 0 aromatic heterocycles. The first kappa shape index (κ1) is 16.6. The van der Waals surface area contributed by atoms with Gasteiger partial charge in [-0.25, -0.2) is 0 Å². The van der Waals surface area contributed by atoms with Crippen molar-refractivity contribution < 1.29 is 4.74 Å². The lowest BCUT2D eigenvalue weighted by Gasteiger charge is -2.35. The zero-order valence-electron chi connectivity index (χ0n) is 13.4. The Morgan fingerprint density at radius 2 is 2.10 bits per heavy atom. The molecular formula is C17H27BrN2O. The summed E-state index contributed by atoms with van der Waals surface area (Å²) in [7, 11) is 1.71. The van der Waals surface area contributed by atoms with Crippen molar-refractivity contribution in [1.29, 1.82) is 0 Å². The second-order valence-corrected chi connectivity index (χ2v) is 6.81. The van der Waals surface area contributed by atoms with Gasteiger partial charge in [-0.2, -0.15) is 0 Å². The molecule has 118 valence electrons. The fourth-order valence-electron chi connectivity index (χ4n) is 3.10. The number of methoxy groups -OCH3 is 1.